The zero-order chi connectivity index (χ0) is 19.6. The molecule has 0 spiro atoms. The van der Waals surface area contributed by atoms with Crippen LogP contribution in [0.25, 0.3) is 0 Å². The number of imide groups is 1. The van der Waals surface area contributed by atoms with E-state index in [-0.39, 0.29) is 17.0 Å². The van der Waals surface area contributed by atoms with Gasteiger partial charge < -0.3 is 9.64 Å². The molecule has 140 valence electrons. The van der Waals surface area contributed by atoms with Crippen molar-refractivity contribution >= 4 is 35.0 Å². The first-order valence-corrected chi connectivity index (χ1v) is 9.18. The molecule has 1 aromatic carbocycles. The van der Waals surface area contributed by atoms with E-state index < -0.39 is 30.4 Å². The number of hydrogen-bond donors (Lipinski definition) is 0. The Morgan fingerprint density at radius 3 is 2.30 bits per heavy atom. The van der Waals surface area contributed by atoms with E-state index in [2.05, 4.69) is 0 Å². The molecule has 0 saturated carbocycles. The van der Waals surface area contributed by atoms with Crippen LogP contribution in [0.4, 0.5) is 0 Å². The van der Waals surface area contributed by atoms with Crippen LogP contribution in [0, 0.1) is 0 Å². The molecule has 1 aliphatic heterocycles. The number of fused-ring (bicyclic) bond motifs is 1. The molecule has 1 atom stereocenters. The SMILES string of the molecule is C[C@@H](C(=O)OCC(=O)N(C)Cc1cccs1)N1C(=O)c2ccccc2C1=O. The predicted octanol–water partition coefficient (Wildman–Crippen LogP) is 1.93. The molecule has 0 saturated heterocycles. The third-order valence-electron chi connectivity index (χ3n) is 4.29. The van der Waals surface area contributed by atoms with E-state index in [1.165, 1.54) is 35.3 Å². The Kier molecular flexibility index (Phi) is 5.36. The highest BCUT2D eigenvalue weighted by molar-refractivity contribution is 7.09. The number of ether oxygens (including phenoxy) is 1. The third-order valence-corrected chi connectivity index (χ3v) is 5.15. The lowest BCUT2D eigenvalue weighted by Gasteiger charge is -2.21. The van der Waals surface area contributed by atoms with Crippen molar-refractivity contribution in [2.24, 2.45) is 0 Å². The average molecular weight is 386 g/mol. The van der Waals surface area contributed by atoms with Crippen molar-refractivity contribution in [2.45, 2.75) is 19.5 Å². The summed E-state index contributed by atoms with van der Waals surface area (Å²) in [5.74, 6) is -2.25. The van der Waals surface area contributed by atoms with Crippen LogP contribution in [-0.2, 0) is 20.9 Å². The molecule has 0 bridgehead atoms. The largest absolute Gasteiger partial charge is 0.454 e. The maximum Gasteiger partial charge on any atom is 0.329 e. The first-order valence-electron chi connectivity index (χ1n) is 8.30. The van der Waals surface area contributed by atoms with Crippen LogP contribution in [0.15, 0.2) is 41.8 Å². The van der Waals surface area contributed by atoms with Crippen molar-refractivity contribution in [2.75, 3.05) is 13.7 Å². The first-order chi connectivity index (χ1) is 12.9. The van der Waals surface area contributed by atoms with Crippen LogP contribution in [0.1, 0.15) is 32.5 Å². The van der Waals surface area contributed by atoms with Crippen molar-refractivity contribution in [1.82, 2.24) is 9.80 Å². The second-order valence-corrected chi connectivity index (χ2v) is 7.17. The predicted molar refractivity (Wildman–Crippen MR) is 98.2 cm³/mol. The molecule has 1 aromatic heterocycles. The van der Waals surface area contributed by atoms with Gasteiger partial charge in [0, 0.05) is 11.9 Å². The topological polar surface area (TPSA) is 84.0 Å². The Morgan fingerprint density at radius 1 is 1.11 bits per heavy atom. The number of esters is 1. The minimum Gasteiger partial charge on any atom is -0.454 e. The second kappa shape index (κ2) is 7.71. The summed E-state index contributed by atoms with van der Waals surface area (Å²) in [6.45, 7) is 1.38. The van der Waals surface area contributed by atoms with Crippen molar-refractivity contribution in [3.63, 3.8) is 0 Å². The van der Waals surface area contributed by atoms with Gasteiger partial charge in [-0.1, -0.05) is 18.2 Å². The number of carbonyl (C=O) groups is 4. The van der Waals surface area contributed by atoms with E-state index in [1.807, 2.05) is 17.5 Å². The normalized spacial score (nSPS) is 14.1. The van der Waals surface area contributed by atoms with Gasteiger partial charge in [0.2, 0.25) is 0 Å². The van der Waals surface area contributed by atoms with E-state index >= 15 is 0 Å². The number of likely N-dealkylation sites (N-methyl/N-ethyl adjacent to an activating group) is 1. The molecule has 3 rings (SSSR count). The molecule has 0 unspecified atom stereocenters. The highest BCUT2D eigenvalue weighted by Gasteiger charge is 2.41. The summed E-state index contributed by atoms with van der Waals surface area (Å²) in [5.41, 5.74) is 0.516. The van der Waals surface area contributed by atoms with Gasteiger partial charge in [-0.25, -0.2) is 4.79 Å². The van der Waals surface area contributed by atoms with Crippen molar-refractivity contribution in [1.29, 1.82) is 0 Å². The maximum absolute atomic E-state index is 12.4. The van der Waals surface area contributed by atoms with E-state index in [1.54, 1.807) is 19.2 Å². The maximum atomic E-state index is 12.4. The monoisotopic (exact) mass is 386 g/mol. The highest BCUT2D eigenvalue weighted by Crippen LogP contribution is 2.24. The molecule has 2 aromatic rings. The van der Waals surface area contributed by atoms with Crippen LogP contribution in [0.5, 0.6) is 0 Å². The molecule has 1 aliphatic rings. The number of amides is 3. The zero-order valence-corrected chi connectivity index (χ0v) is 15.7. The van der Waals surface area contributed by atoms with Gasteiger partial charge in [0.05, 0.1) is 17.7 Å². The molecule has 0 radical (unpaired) electrons. The van der Waals surface area contributed by atoms with Crippen LogP contribution >= 0.6 is 11.3 Å². The Bertz CT molecular complexity index is 858. The van der Waals surface area contributed by atoms with Crippen molar-refractivity contribution in [3.05, 3.63) is 57.8 Å². The van der Waals surface area contributed by atoms with Crippen molar-refractivity contribution < 1.29 is 23.9 Å². The third kappa shape index (κ3) is 3.75. The number of thiophene rings is 1. The van der Waals surface area contributed by atoms with E-state index in [0.29, 0.717) is 6.54 Å². The van der Waals surface area contributed by atoms with Gasteiger partial charge in [0.15, 0.2) is 6.61 Å². The van der Waals surface area contributed by atoms with Gasteiger partial charge in [0.1, 0.15) is 6.04 Å². The summed E-state index contributed by atoms with van der Waals surface area (Å²) < 4.78 is 5.04. The molecule has 8 heteroatoms. The Morgan fingerprint density at radius 2 is 1.74 bits per heavy atom. The Labute approximate surface area is 160 Å². The number of rotatable bonds is 6. The number of benzene rings is 1. The number of nitrogens with zero attached hydrogens (tertiary/aromatic N) is 2. The molecule has 0 fully saturated rings. The lowest BCUT2D eigenvalue weighted by atomic mass is 10.1. The summed E-state index contributed by atoms with van der Waals surface area (Å²) in [7, 11) is 1.61. The summed E-state index contributed by atoms with van der Waals surface area (Å²) in [4.78, 5) is 52.5. The summed E-state index contributed by atoms with van der Waals surface area (Å²) in [6, 6.07) is 9.06. The molecule has 3 amide bonds. The van der Waals surface area contributed by atoms with E-state index in [9.17, 15) is 19.2 Å². The highest BCUT2D eigenvalue weighted by atomic mass is 32.1. The fourth-order valence-corrected chi connectivity index (χ4v) is 3.51. The Balaban J connectivity index is 1.57. The molecule has 2 heterocycles. The van der Waals surface area contributed by atoms with Gasteiger partial charge in [-0.2, -0.15) is 0 Å². The minimum absolute atomic E-state index is 0.258. The minimum atomic E-state index is -1.12. The number of carbonyl (C=O) groups excluding carboxylic acids is 4. The quantitative estimate of drug-likeness (QED) is 0.560. The molecule has 0 aliphatic carbocycles. The van der Waals surface area contributed by atoms with Crippen LogP contribution in [0.3, 0.4) is 0 Å². The van der Waals surface area contributed by atoms with E-state index in [4.69, 9.17) is 4.74 Å². The molecule has 0 N–H and O–H groups in total. The summed E-state index contributed by atoms with van der Waals surface area (Å²) >= 11 is 1.53. The molecular weight excluding hydrogens is 368 g/mol. The van der Waals surface area contributed by atoms with Gasteiger partial charge in [-0.05, 0) is 30.5 Å². The zero-order valence-electron chi connectivity index (χ0n) is 14.9. The summed E-state index contributed by atoms with van der Waals surface area (Å²) in [6.07, 6.45) is 0. The lowest BCUT2D eigenvalue weighted by Crippen LogP contribution is -2.44. The average Bonchev–Trinajstić information content (AvgIpc) is 3.26. The first kappa shape index (κ1) is 18.8. The molecule has 27 heavy (non-hydrogen) atoms. The standard InChI is InChI=1S/C19H18N2O5S/c1-12(21-17(23)14-7-3-4-8-15(14)18(21)24)19(25)26-11-16(22)20(2)10-13-6-5-9-27-13/h3-9,12H,10-11H2,1-2H3/t12-/m0/s1. The van der Waals surface area contributed by atoms with Crippen LogP contribution in [0.2, 0.25) is 0 Å². The Hall–Kier alpha value is -3.00. The fourth-order valence-electron chi connectivity index (χ4n) is 2.75. The smallest absolute Gasteiger partial charge is 0.329 e. The van der Waals surface area contributed by atoms with E-state index in [0.717, 1.165) is 9.78 Å². The van der Waals surface area contributed by atoms with Crippen LogP contribution < -0.4 is 0 Å². The van der Waals surface area contributed by atoms with Crippen molar-refractivity contribution in [3.8, 4) is 0 Å². The number of hydrogen-bond acceptors (Lipinski definition) is 6. The van der Waals surface area contributed by atoms with Gasteiger partial charge >= 0.3 is 5.97 Å². The summed E-state index contributed by atoms with van der Waals surface area (Å²) in [5, 5.41) is 1.91. The van der Waals surface area contributed by atoms with Gasteiger partial charge in [-0.3, -0.25) is 19.3 Å². The second-order valence-electron chi connectivity index (χ2n) is 6.14. The van der Waals surface area contributed by atoms with Gasteiger partial charge in [0.25, 0.3) is 17.7 Å². The molecule has 7 nitrogen and oxygen atoms in total. The fraction of sp³-hybridized carbons (Fsp3) is 0.263. The van der Waals surface area contributed by atoms with Gasteiger partial charge in [-0.15, -0.1) is 11.3 Å². The van der Waals surface area contributed by atoms with Crippen LogP contribution in [-0.4, -0.2) is 53.2 Å². The lowest BCUT2D eigenvalue weighted by molar-refractivity contribution is -0.154. The molecular formula is C19H18N2O5S.